The molecular formula is C17H31N3S. The van der Waals surface area contributed by atoms with Crippen molar-refractivity contribution in [3.8, 4) is 0 Å². The van der Waals surface area contributed by atoms with E-state index in [1.54, 1.807) is 0 Å². The van der Waals surface area contributed by atoms with Crippen molar-refractivity contribution >= 4 is 17.3 Å². The number of hydrogen-bond acceptors (Lipinski definition) is 2. The zero-order chi connectivity index (χ0) is 15.3. The van der Waals surface area contributed by atoms with Gasteiger partial charge in [0, 0.05) is 23.2 Å². The largest absolute Gasteiger partial charge is 0.360 e. The van der Waals surface area contributed by atoms with E-state index in [-0.39, 0.29) is 11.1 Å². The van der Waals surface area contributed by atoms with E-state index in [0.717, 1.165) is 29.8 Å². The lowest BCUT2D eigenvalue weighted by atomic mass is 9.80. The van der Waals surface area contributed by atoms with Crippen LogP contribution in [-0.2, 0) is 0 Å². The average Bonchev–Trinajstić information content (AvgIpc) is 2.85. The fourth-order valence-corrected chi connectivity index (χ4v) is 5.56. The highest BCUT2D eigenvalue weighted by Crippen LogP contribution is 2.44. The Morgan fingerprint density at radius 3 is 2.19 bits per heavy atom. The molecule has 1 saturated heterocycles. The monoisotopic (exact) mass is 309 g/mol. The molecular weight excluding hydrogens is 278 g/mol. The van der Waals surface area contributed by atoms with Crippen LogP contribution in [0.1, 0.15) is 66.2 Å². The maximum atomic E-state index is 5.59. The maximum absolute atomic E-state index is 5.59. The van der Waals surface area contributed by atoms with Crippen LogP contribution in [0.4, 0.5) is 0 Å². The Kier molecular flexibility index (Phi) is 3.98. The molecule has 0 aromatic rings. The Balaban J connectivity index is 1.52. The maximum Gasteiger partial charge on any atom is 0.166 e. The average molecular weight is 310 g/mol. The summed E-state index contributed by atoms with van der Waals surface area (Å²) in [4.78, 5) is 0. The highest BCUT2D eigenvalue weighted by Gasteiger charge is 2.41. The Morgan fingerprint density at radius 2 is 1.67 bits per heavy atom. The first-order chi connectivity index (χ1) is 9.72. The minimum Gasteiger partial charge on any atom is -0.360 e. The van der Waals surface area contributed by atoms with Gasteiger partial charge in [-0.1, -0.05) is 6.42 Å². The lowest BCUT2D eigenvalue weighted by Gasteiger charge is -2.47. The van der Waals surface area contributed by atoms with Crippen LogP contribution in [-0.4, -0.2) is 28.3 Å². The van der Waals surface area contributed by atoms with Crippen LogP contribution in [0, 0.1) is 11.8 Å². The van der Waals surface area contributed by atoms with Crippen molar-refractivity contribution in [1.29, 1.82) is 0 Å². The van der Waals surface area contributed by atoms with Crippen LogP contribution >= 0.6 is 12.2 Å². The first-order valence-electron chi connectivity index (χ1n) is 8.59. The normalized spacial score (nSPS) is 37.4. The van der Waals surface area contributed by atoms with Crippen LogP contribution in [0.3, 0.4) is 0 Å². The second-order valence-electron chi connectivity index (χ2n) is 8.90. The molecule has 4 heteroatoms. The van der Waals surface area contributed by atoms with Gasteiger partial charge in [-0.15, -0.1) is 0 Å². The minimum atomic E-state index is 0.168. The zero-order valence-electron chi connectivity index (χ0n) is 14.0. The smallest absolute Gasteiger partial charge is 0.166 e. The molecule has 1 heterocycles. The van der Waals surface area contributed by atoms with Crippen LogP contribution in [0.15, 0.2) is 0 Å². The fraction of sp³-hybridized carbons (Fsp3) is 0.941. The topological polar surface area (TPSA) is 36.1 Å². The summed E-state index contributed by atoms with van der Waals surface area (Å²) in [6.45, 7) is 9.15. The molecule has 3 nitrogen and oxygen atoms in total. The molecule has 1 aliphatic heterocycles. The van der Waals surface area contributed by atoms with Gasteiger partial charge in [0.1, 0.15) is 0 Å². The highest BCUT2D eigenvalue weighted by molar-refractivity contribution is 7.80. The van der Waals surface area contributed by atoms with Gasteiger partial charge in [0.05, 0.1) is 0 Å². The van der Waals surface area contributed by atoms with Crippen molar-refractivity contribution in [2.75, 3.05) is 0 Å². The van der Waals surface area contributed by atoms with Gasteiger partial charge in [0.15, 0.2) is 5.11 Å². The molecule has 3 fully saturated rings. The summed E-state index contributed by atoms with van der Waals surface area (Å²) in [6, 6.07) is 1.10. The van der Waals surface area contributed by atoms with Gasteiger partial charge in [0.25, 0.3) is 0 Å². The second-order valence-corrected chi connectivity index (χ2v) is 9.31. The predicted molar refractivity (Wildman–Crippen MR) is 92.4 cm³/mol. The third-order valence-corrected chi connectivity index (χ3v) is 5.82. The predicted octanol–water partition coefficient (Wildman–Crippen LogP) is 2.95. The third kappa shape index (κ3) is 3.70. The van der Waals surface area contributed by atoms with Crippen molar-refractivity contribution in [2.24, 2.45) is 11.8 Å². The van der Waals surface area contributed by atoms with Crippen molar-refractivity contribution in [3.63, 3.8) is 0 Å². The lowest BCUT2D eigenvalue weighted by Crippen LogP contribution is -2.63. The highest BCUT2D eigenvalue weighted by atomic mass is 32.1. The molecule has 0 aromatic carbocycles. The molecule has 3 N–H and O–H groups in total. The number of nitrogens with one attached hydrogen (secondary N) is 3. The van der Waals surface area contributed by atoms with Gasteiger partial charge in [-0.3, -0.25) is 0 Å². The van der Waals surface area contributed by atoms with Gasteiger partial charge in [-0.05, 0) is 83.9 Å². The zero-order valence-corrected chi connectivity index (χ0v) is 14.8. The first-order valence-corrected chi connectivity index (χ1v) is 9.00. The molecule has 3 atom stereocenters. The van der Waals surface area contributed by atoms with Gasteiger partial charge >= 0.3 is 0 Å². The third-order valence-electron chi connectivity index (χ3n) is 5.58. The summed E-state index contributed by atoms with van der Waals surface area (Å²) >= 11 is 5.59. The molecule has 0 unspecified atom stereocenters. The van der Waals surface area contributed by atoms with Crippen LogP contribution < -0.4 is 16.0 Å². The molecule has 2 bridgehead atoms. The molecule has 3 rings (SSSR count). The summed E-state index contributed by atoms with van der Waals surface area (Å²) in [7, 11) is 0. The summed E-state index contributed by atoms with van der Waals surface area (Å²) in [5.41, 5.74) is 0.336. The Bertz CT molecular complexity index is 402. The van der Waals surface area contributed by atoms with Crippen LogP contribution in [0.2, 0.25) is 0 Å². The van der Waals surface area contributed by atoms with E-state index in [9.17, 15) is 0 Å². The van der Waals surface area contributed by atoms with Crippen LogP contribution in [0.25, 0.3) is 0 Å². The van der Waals surface area contributed by atoms with Gasteiger partial charge < -0.3 is 16.0 Å². The fourth-order valence-electron chi connectivity index (χ4n) is 5.24. The lowest BCUT2D eigenvalue weighted by molar-refractivity contribution is 0.155. The van der Waals surface area contributed by atoms with E-state index < -0.39 is 0 Å². The number of thiocarbonyl (C=S) groups is 1. The van der Waals surface area contributed by atoms with E-state index in [4.69, 9.17) is 12.2 Å². The summed E-state index contributed by atoms with van der Waals surface area (Å²) in [6.07, 6.45) is 7.84. The standard InChI is InChI=1S/C17H31N3S/c1-16(2)9-13(10-17(3,4)20-16)18-15(21)19-14-8-11-5-6-12(14)7-11/h11-14,20H,5-10H2,1-4H3,(H2,18,19,21)/t11-,12+,14-/m1/s1. The summed E-state index contributed by atoms with van der Waals surface area (Å²) < 4.78 is 0. The first kappa shape index (κ1) is 15.5. The van der Waals surface area contributed by atoms with E-state index in [1.807, 2.05) is 0 Å². The Morgan fingerprint density at radius 1 is 1.00 bits per heavy atom. The minimum absolute atomic E-state index is 0.168. The number of fused-ring (bicyclic) bond motifs is 2. The molecule has 120 valence electrons. The molecule has 0 spiro atoms. The summed E-state index contributed by atoms with van der Waals surface area (Å²) in [5, 5.41) is 11.8. The van der Waals surface area contributed by atoms with Crippen molar-refractivity contribution in [3.05, 3.63) is 0 Å². The van der Waals surface area contributed by atoms with Crippen molar-refractivity contribution in [2.45, 2.75) is 89.4 Å². The SMILES string of the molecule is CC1(C)CC(NC(=S)N[C@@H]2C[C@@H]3CC[C@H]2C3)CC(C)(C)N1. The van der Waals surface area contributed by atoms with E-state index in [0.29, 0.717) is 12.1 Å². The van der Waals surface area contributed by atoms with Crippen LogP contribution in [0.5, 0.6) is 0 Å². The van der Waals surface area contributed by atoms with E-state index in [1.165, 1.54) is 25.7 Å². The molecule has 0 aromatic heterocycles. The molecule has 0 amide bonds. The molecule has 2 aliphatic carbocycles. The van der Waals surface area contributed by atoms with Crippen molar-refractivity contribution in [1.82, 2.24) is 16.0 Å². The Labute approximate surface area is 135 Å². The van der Waals surface area contributed by atoms with Crippen molar-refractivity contribution < 1.29 is 0 Å². The molecule has 21 heavy (non-hydrogen) atoms. The molecule has 0 radical (unpaired) electrons. The van der Waals surface area contributed by atoms with Gasteiger partial charge in [0.2, 0.25) is 0 Å². The second kappa shape index (κ2) is 5.38. The van der Waals surface area contributed by atoms with E-state index in [2.05, 4.69) is 43.6 Å². The molecule has 2 saturated carbocycles. The molecule has 3 aliphatic rings. The number of rotatable bonds is 2. The van der Waals surface area contributed by atoms with E-state index >= 15 is 0 Å². The number of hydrogen-bond donors (Lipinski definition) is 3. The Hall–Kier alpha value is -0.350. The van der Waals surface area contributed by atoms with Gasteiger partial charge in [-0.25, -0.2) is 0 Å². The summed E-state index contributed by atoms with van der Waals surface area (Å²) in [5.74, 6) is 1.84. The quantitative estimate of drug-likeness (QED) is 0.686. The van der Waals surface area contributed by atoms with Gasteiger partial charge in [-0.2, -0.15) is 0 Å². The number of piperidine rings is 1.